The third kappa shape index (κ3) is 2.06. The van der Waals surface area contributed by atoms with Crippen molar-refractivity contribution in [1.29, 1.82) is 0 Å². The molecule has 2 aromatic rings. The lowest BCUT2D eigenvalue weighted by Crippen LogP contribution is -2.07. The first-order chi connectivity index (χ1) is 8.71. The molecule has 4 nitrogen and oxygen atoms in total. The number of H-pyrrole nitrogens is 1. The zero-order valence-electron chi connectivity index (χ0n) is 10.9. The van der Waals surface area contributed by atoms with Gasteiger partial charge in [0, 0.05) is 10.9 Å². The van der Waals surface area contributed by atoms with Gasteiger partial charge in [-0.25, -0.2) is 4.79 Å². The van der Waals surface area contributed by atoms with E-state index in [0.29, 0.717) is 12.3 Å². The molecule has 0 aliphatic heterocycles. The number of hydrogen-bond donors (Lipinski definition) is 1. The summed E-state index contributed by atoms with van der Waals surface area (Å²) in [7, 11) is 1.63. The Labute approximate surface area is 106 Å². The van der Waals surface area contributed by atoms with Gasteiger partial charge in [-0.05, 0) is 37.1 Å². The molecule has 1 aromatic heterocycles. The first-order valence-corrected chi connectivity index (χ1v) is 6.07. The Bertz CT molecular complexity index is 572. The summed E-state index contributed by atoms with van der Waals surface area (Å²) >= 11 is 0. The number of aryl methyl sites for hydroxylation is 1. The van der Waals surface area contributed by atoms with E-state index in [0.717, 1.165) is 28.6 Å². The fourth-order valence-corrected chi connectivity index (χ4v) is 2.10. The fourth-order valence-electron chi connectivity index (χ4n) is 2.10. The second kappa shape index (κ2) is 5.12. The van der Waals surface area contributed by atoms with E-state index in [-0.39, 0.29) is 5.97 Å². The van der Waals surface area contributed by atoms with Crippen molar-refractivity contribution < 1.29 is 14.3 Å². The normalized spacial score (nSPS) is 10.6. The van der Waals surface area contributed by atoms with Crippen molar-refractivity contribution in [3.05, 3.63) is 29.5 Å². The molecular formula is C14H17NO3. The molecule has 0 spiro atoms. The quantitative estimate of drug-likeness (QED) is 0.845. The second-order valence-corrected chi connectivity index (χ2v) is 3.96. The third-order valence-electron chi connectivity index (χ3n) is 2.95. The largest absolute Gasteiger partial charge is 0.497 e. The van der Waals surface area contributed by atoms with Gasteiger partial charge in [0.25, 0.3) is 0 Å². The van der Waals surface area contributed by atoms with E-state index in [4.69, 9.17) is 9.47 Å². The number of aromatic nitrogens is 1. The predicted molar refractivity (Wildman–Crippen MR) is 70.2 cm³/mol. The van der Waals surface area contributed by atoms with Crippen LogP contribution >= 0.6 is 0 Å². The highest BCUT2D eigenvalue weighted by molar-refractivity contribution is 5.98. The van der Waals surface area contributed by atoms with E-state index >= 15 is 0 Å². The summed E-state index contributed by atoms with van der Waals surface area (Å²) in [6.45, 7) is 4.20. The van der Waals surface area contributed by atoms with Gasteiger partial charge in [0.2, 0.25) is 0 Å². The molecule has 96 valence electrons. The number of hydrogen-bond acceptors (Lipinski definition) is 3. The number of aromatic amines is 1. The number of ether oxygens (including phenoxy) is 2. The minimum Gasteiger partial charge on any atom is -0.497 e. The highest BCUT2D eigenvalue weighted by Gasteiger charge is 2.17. The van der Waals surface area contributed by atoms with Crippen LogP contribution in [0.4, 0.5) is 0 Å². The van der Waals surface area contributed by atoms with E-state index in [1.54, 1.807) is 14.0 Å². The van der Waals surface area contributed by atoms with Crippen LogP contribution < -0.4 is 4.74 Å². The average molecular weight is 247 g/mol. The van der Waals surface area contributed by atoms with Gasteiger partial charge in [-0.3, -0.25) is 0 Å². The molecule has 0 saturated carbocycles. The number of esters is 1. The monoisotopic (exact) mass is 247 g/mol. The van der Waals surface area contributed by atoms with Gasteiger partial charge in [-0.2, -0.15) is 0 Å². The molecule has 0 bridgehead atoms. The van der Waals surface area contributed by atoms with E-state index in [9.17, 15) is 4.79 Å². The molecule has 1 N–H and O–H groups in total. The minimum atomic E-state index is -0.301. The number of benzene rings is 1. The van der Waals surface area contributed by atoms with Crippen LogP contribution in [0.25, 0.3) is 10.9 Å². The minimum absolute atomic E-state index is 0.301. The van der Waals surface area contributed by atoms with Gasteiger partial charge in [0.05, 0.1) is 13.7 Å². The summed E-state index contributed by atoms with van der Waals surface area (Å²) in [5.74, 6) is 0.483. The van der Waals surface area contributed by atoms with Crippen LogP contribution in [0, 0.1) is 0 Å². The van der Waals surface area contributed by atoms with Crippen molar-refractivity contribution in [3.63, 3.8) is 0 Å². The number of nitrogens with one attached hydrogen (secondary N) is 1. The third-order valence-corrected chi connectivity index (χ3v) is 2.95. The number of rotatable bonds is 4. The predicted octanol–water partition coefficient (Wildman–Crippen LogP) is 2.92. The molecule has 2 rings (SSSR count). The van der Waals surface area contributed by atoms with Gasteiger partial charge < -0.3 is 14.5 Å². The summed E-state index contributed by atoms with van der Waals surface area (Å²) in [5, 5.41) is 1.01. The fraction of sp³-hybridized carbons (Fsp3) is 0.357. The lowest BCUT2D eigenvalue weighted by molar-refractivity contribution is 0.0519. The second-order valence-electron chi connectivity index (χ2n) is 3.96. The number of methoxy groups -OCH3 is 1. The van der Waals surface area contributed by atoms with E-state index in [1.807, 2.05) is 25.1 Å². The molecule has 1 aromatic carbocycles. The number of carbonyl (C=O) groups excluding carboxylic acids is 1. The standard InChI is InChI=1S/C14H17NO3/c1-4-10-11-8-9(17-3)6-7-12(11)15-13(10)14(16)18-5-2/h6-8,15H,4-5H2,1-3H3. The Hall–Kier alpha value is -1.97. The maximum absolute atomic E-state index is 11.9. The molecule has 1 heterocycles. The molecule has 0 aliphatic rings. The SMILES string of the molecule is CCOC(=O)c1[nH]c2ccc(OC)cc2c1CC. The van der Waals surface area contributed by atoms with Crippen molar-refractivity contribution in [3.8, 4) is 5.75 Å². The Morgan fingerprint density at radius 3 is 2.72 bits per heavy atom. The van der Waals surface area contributed by atoms with Gasteiger partial charge >= 0.3 is 5.97 Å². The van der Waals surface area contributed by atoms with Crippen LogP contribution in [0.15, 0.2) is 18.2 Å². The van der Waals surface area contributed by atoms with Gasteiger partial charge in [-0.15, -0.1) is 0 Å². The Morgan fingerprint density at radius 2 is 2.11 bits per heavy atom. The maximum atomic E-state index is 11.9. The summed E-state index contributed by atoms with van der Waals surface area (Å²) in [4.78, 5) is 15.0. The first-order valence-electron chi connectivity index (χ1n) is 6.07. The average Bonchev–Trinajstić information content (AvgIpc) is 2.76. The van der Waals surface area contributed by atoms with E-state index < -0.39 is 0 Å². The van der Waals surface area contributed by atoms with Crippen molar-refractivity contribution in [2.24, 2.45) is 0 Å². The van der Waals surface area contributed by atoms with Crippen LogP contribution in [-0.2, 0) is 11.2 Å². The van der Waals surface area contributed by atoms with Crippen molar-refractivity contribution in [1.82, 2.24) is 4.98 Å². The molecule has 0 fully saturated rings. The molecule has 0 aliphatic carbocycles. The summed E-state index contributed by atoms with van der Waals surface area (Å²) in [5.41, 5.74) is 2.45. The summed E-state index contributed by atoms with van der Waals surface area (Å²) in [6.07, 6.45) is 0.765. The van der Waals surface area contributed by atoms with Crippen molar-refractivity contribution >= 4 is 16.9 Å². The zero-order valence-corrected chi connectivity index (χ0v) is 10.9. The van der Waals surface area contributed by atoms with Gasteiger partial charge in [0.15, 0.2) is 0 Å². The number of fused-ring (bicyclic) bond motifs is 1. The maximum Gasteiger partial charge on any atom is 0.355 e. The molecule has 0 amide bonds. The van der Waals surface area contributed by atoms with Gasteiger partial charge in [-0.1, -0.05) is 6.92 Å². The first kappa shape index (κ1) is 12.5. The van der Waals surface area contributed by atoms with Gasteiger partial charge in [0.1, 0.15) is 11.4 Å². The Kier molecular flexibility index (Phi) is 3.55. The number of carbonyl (C=O) groups is 1. The summed E-state index contributed by atoms with van der Waals surface area (Å²) < 4.78 is 10.3. The van der Waals surface area contributed by atoms with Crippen LogP contribution in [-0.4, -0.2) is 24.7 Å². The van der Waals surface area contributed by atoms with Crippen molar-refractivity contribution in [2.75, 3.05) is 13.7 Å². The van der Waals surface area contributed by atoms with E-state index in [1.165, 1.54) is 0 Å². The van der Waals surface area contributed by atoms with Crippen LogP contribution in [0.5, 0.6) is 5.75 Å². The summed E-state index contributed by atoms with van der Waals surface area (Å²) in [6, 6.07) is 5.72. The highest BCUT2D eigenvalue weighted by Crippen LogP contribution is 2.27. The molecule has 4 heteroatoms. The van der Waals surface area contributed by atoms with E-state index in [2.05, 4.69) is 4.98 Å². The topological polar surface area (TPSA) is 51.3 Å². The van der Waals surface area contributed by atoms with Crippen LogP contribution in [0.3, 0.4) is 0 Å². The molecular weight excluding hydrogens is 230 g/mol. The molecule has 18 heavy (non-hydrogen) atoms. The smallest absolute Gasteiger partial charge is 0.355 e. The van der Waals surface area contributed by atoms with Crippen LogP contribution in [0.2, 0.25) is 0 Å². The molecule has 0 radical (unpaired) electrons. The lowest BCUT2D eigenvalue weighted by Gasteiger charge is -2.02. The van der Waals surface area contributed by atoms with Crippen LogP contribution in [0.1, 0.15) is 29.9 Å². The lowest BCUT2D eigenvalue weighted by atomic mass is 10.1. The van der Waals surface area contributed by atoms with Crippen molar-refractivity contribution in [2.45, 2.75) is 20.3 Å². The highest BCUT2D eigenvalue weighted by atomic mass is 16.5. The molecule has 0 atom stereocenters. The molecule has 0 unspecified atom stereocenters. The molecule has 0 saturated heterocycles. The Morgan fingerprint density at radius 1 is 1.33 bits per heavy atom. The zero-order chi connectivity index (χ0) is 13.1. The Balaban J connectivity index is 2.57.